The summed E-state index contributed by atoms with van der Waals surface area (Å²) in [6, 6.07) is 5.70. The van der Waals surface area contributed by atoms with Gasteiger partial charge >= 0.3 is 6.09 Å². The molecule has 0 bridgehead atoms. The summed E-state index contributed by atoms with van der Waals surface area (Å²) in [6.07, 6.45) is 4.27. The van der Waals surface area contributed by atoms with Gasteiger partial charge in [0.05, 0.1) is 12.7 Å². The lowest BCUT2D eigenvalue weighted by Crippen LogP contribution is -2.44. The Morgan fingerprint density at radius 3 is 2.82 bits per heavy atom. The van der Waals surface area contributed by atoms with Crippen molar-refractivity contribution >= 4 is 23.6 Å². The molecule has 10 heteroatoms. The number of ether oxygens (including phenoxy) is 2. The van der Waals surface area contributed by atoms with Crippen molar-refractivity contribution in [1.82, 2.24) is 14.9 Å². The number of nitrogens with one attached hydrogen (secondary N) is 1. The van der Waals surface area contributed by atoms with Crippen LogP contribution in [-0.2, 0) is 22.4 Å². The second kappa shape index (κ2) is 7.95. The van der Waals surface area contributed by atoms with E-state index in [1.54, 1.807) is 12.1 Å². The standard InChI is InChI=1S/C23H24FN5O4/c24-17-3-1-2-14-8-15(9-16(14)17)28-6-4-13(5-7-28)18-11-29(23(31)33-18)19-10-25-22-21(26-19)27-20(30)12-32-22/h1-3,10,13,15,18H,4-9,11-12H2,(H,26,27,30). The molecule has 2 amide bonds. The molecule has 0 radical (unpaired) electrons. The summed E-state index contributed by atoms with van der Waals surface area (Å²) >= 11 is 0. The Labute approximate surface area is 189 Å². The number of rotatable bonds is 3. The molecule has 0 saturated carbocycles. The van der Waals surface area contributed by atoms with Gasteiger partial charge in [-0.2, -0.15) is 0 Å². The molecular weight excluding hydrogens is 429 g/mol. The normalized spacial score (nSPS) is 25.3. The first-order valence-electron chi connectivity index (χ1n) is 11.3. The Bertz CT molecular complexity index is 1120. The first-order valence-corrected chi connectivity index (χ1v) is 11.3. The highest BCUT2D eigenvalue weighted by molar-refractivity contribution is 5.94. The third kappa shape index (κ3) is 3.68. The highest BCUT2D eigenvalue weighted by Gasteiger charge is 2.41. The number of likely N-dealkylation sites (tertiary alicyclic amines) is 1. The van der Waals surface area contributed by atoms with E-state index >= 15 is 0 Å². The minimum atomic E-state index is -0.457. The van der Waals surface area contributed by atoms with E-state index in [1.807, 2.05) is 6.07 Å². The zero-order chi connectivity index (χ0) is 22.5. The largest absolute Gasteiger partial charge is 0.465 e. The molecule has 1 aromatic carbocycles. The SMILES string of the molecule is O=C1COc2ncc(N3CC(C4CCN(C5Cc6cccc(F)c6C5)CC4)OC3=O)nc2N1. The summed E-state index contributed by atoms with van der Waals surface area (Å²) in [5.74, 6) is 0.626. The number of benzene rings is 1. The second-order valence-corrected chi connectivity index (χ2v) is 9.06. The number of piperidine rings is 1. The number of hydrogen-bond donors (Lipinski definition) is 1. The van der Waals surface area contributed by atoms with Crippen LogP contribution in [0.1, 0.15) is 24.0 Å². The van der Waals surface area contributed by atoms with E-state index in [9.17, 15) is 14.0 Å². The minimum absolute atomic E-state index is 0.0979. The molecule has 4 heterocycles. The fraction of sp³-hybridized carbons (Fsp3) is 0.478. The topological polar surface area (TPSA) is 96.9 Å². The number of aromatic nitrogens is 2. The van der Waals surface area contributed by atoms with Crippen LogP contribution in [0.4, 0.5) is 20.8 Å². The van der Waals surface area contributed by atoms with Crippen LogP contribution in [0.25, 0.3) is 0 Å². The third-order valence-corrected chi connectivity index (χ3v) is 7.16. The molecule has 2 fully saturated rings. The number of hydrogen-bond acceptors (Lipinski definition) is 7. The zero-order valence-corrected chi connectivity index (χ0v) is 18.0. The highest BCUT2D eigenvalue weighted by atomic mass is 19.1. The van der Waals surface area contributed by atoms with Crippen LogP contribution in [-0.4, -0.2) is 65.3 Å². The lowest BCUT2D eigenvalue weighted by atomic mass is 9.90. The quantitative estimate of drug-likeness (QED) is 0.761. The molecule has 2 aromatic rings. The van der Waals surface area contributed by atoms with E-state index in [0.717, 1.165) is 49.9 Å². The van der Waals surface area contributed by atoms with Crippen molar-refractivity contribution in [2.24, 2.45) is 5.92 Å². The number of carbonyl (C=O) groups excluding carboxylic acids is 2. The number of anilines is 2. The average molecular weight is 453 g/mol. The Hall–Kier alpha value is -3.27. The zero-order valence-electron chi connectivity index (χ0n) is 18.0. The van der Waals surface area contributed by atoms with Gasteiger partial charge in [-0.25, -0.2) is 19.2 Å². The Morgan fingerprint density at radius 1 is 1.15 bits per heavy atom. The fourth-order valence-electron chi connectivity index (χ4n) is 5.40. The maximum absolute atomic E-state index is 14.1. The molecule has 33 heavy (non-hydrogen) atoms. The Morgan fingerprint density at radius 2 is 2.00 bits per heavy atom. The van der Waals surface area contributed by atoms with Crippen molar-refractivity contribution in [2.45, 2.75) is 37.8 Å². The number of cyclic esters (lactones) is 1. The minimum Gasteiger partial charge on any atom is -0.465 e. The van der Waals surface area contributed by atoms with Crippen LogP contribution in [0.15, 0.2) is 24.4 Å². The van der Waals surface area contributed by atoms with Crippen molar-refractivity contribution in [2.75, 3.05) is 36.5 Å². The van der Waals surface area contributed by atoms with Crippen molar-refractivity contribution in [1.29, 1.82) is 0 Å². The number of halogens is 1. The van der Waals surface area contributed by atoms with Gasteiger partial charge in [0.2, 0.25) is 0 Å². The molecule has 2 unspecified atom stereocenters. The Kier molecular flexibility index (Phi) is 4.90. The van der Waals surface area contributed by atoms with Gasteiger partial charge in [0, 0.05) is 12.0 Å². The Balaban J connectivity index is 1.08. The molecule has 1 aliphatic carbocycles. The van der Waals surface area contributed by atoms with Gasteiger partial charge in [-0.1, -0.05) is 12.1 Å². The maximum Gasteiger partial charge on any atom is 0.416 e. The summed E-state index contributed by atoms with van der Waals surface area (Å²) in [7, 11) is 0. The van der Waals surface area contributed by atoms with Gasteiger partial charge < -0.3 is 14.8 Å². The molecule has 1 N–H and O–H groups in total. The van der Waals surface area contributed by atoms with Crippen LogP contribution in [0.3, 0.4) is 0 Å². The first-order chi connectivity index (χ1) is 16.0. The van der Waals surface area contributed by atoms with Gasteiger partial charge in [0.1, 0.15) is 11.9 Å². The molecule has 0 spiro atoms. The van der Waals surface area contributed by atoms with Crippen LogP contribution in [0.2, 0.25) is 0 Å². The van der Waals surface area contributed by atoms with Gasteiger partial charge in [-0.3, -0.25) is 14.6 Å². The number of carbonyl (C=O) groups is 2. The molecule has 9 nitrogen and oxygen atoms in total. The first kappa shape index (κ1) is 20.3. The van der Waals surface area contributed by atoms with Crippen molar-refractivity contribution in [3.05, 3.63) is 41.3 Å². The molecule has 2 saturated heterocycles. The number of amides is 2. The fourth-order valence-corrected chi connectivity index (χ4v) is 5.40. The van der Waals surface area contributed by atoms with Crippen LogP contribution in [0, 0.1) is 11.7 Å². The van der Waals surface area contributed by atoms with Gasteiger partial charge in [-0.15, -0.1) is 0 Å². The number of nitrogens with zero attached hydrogens (tertiary/aromatic N) is 4. The molecular formula is C23H24FN5O4. The van der Waals surface area contributed by atoms with E-state index in [4.69, 9.17) is 9.47 Å². The van der Waals surface area contributed by atoms with E-state index in [-0.39, 0.29) is 42.1 Å². The van der Waals surface area contributed by atoms with Crippen LogP contribution >= 0.6 is 0 Å². The van der Waals surface area contributed by atoms with Gasteiger partial charge in [0.15, 0.2) is 18.2 Å². The monoisotopic (exact) mass is 453 g/mol. The summed E-state index contributed by atoms with van der Waals surface area (Å²) in [4.78, 5) is 36.5. The van der Waals surface area contributed by atoms with Crippen molar-refractivity contribution in [3.63, 3.8) is 0 Å². The molecule has 4 aliphatic rings. The highest BCUT2D eigenvalue weighted by Crippen LogP contribution is 2.34. The molecule has 2 atom stereocenters. The summed E-state index contributed by atoms with van der Waals surface area (Å²) in [6.45, 7) is 2.10. The second-order valence-electron chi connectivity index (χ2n) is 9.06. The average Bonchev–Trinajstić information content (AvgIpc) is 3.43. The lowest BCUT2D eigenvalue weighted by molar-refractivity contribution is -0.118. The molecule has 1 aromatic heterocycles. The number of fused-ring (bicyclic) bond motifs is 2. The summed E-state index contributed by atoms with van der Waals surface area (Å²) in [5, 5.41) is 2.61. The predicted octanol–water partition coefficient (Wildman–Crippen LogP) is 2.15. The molecule has 6 rings (SSSR count). The van der Waals surface area contributed by atoms with Crippen LogP contribution in [0.5, 0.6) is 5.88 Å². The smallest absolute Gasteiger partial charge is 0.416 e. The van der Waals surface area contributed by atoms with E-state index < -0.39 is 6.09 Å². The van der Waals surface area contributed by atoms with E-state index in [0.29, 0.717) is 18.4 Å². The summed E-state index contributed by atoms with van der Waals surface area (Å²) in [5.41, 5.74) is 1.98. The summed E-state index contributed by atoms with van der Waals surface area (Å²) < 4.78 is 25.0. The third-order valence-electron chi connectivity index (χ3n) is 7.16. The van der Waals surface area contributed by atoms with Crippen LogP contribution < -0.4 is 15.0 Å². The molecule has 172 valence electrons. The maximum atomic E-state index is 14.1. The van der Waals surface area contributed by atoms with Crippen molar-refractivity contribution in [3.8, 4) is 5.88 Å². The lowest BCUT2D eigenvalue weighted by Gasteiger charge is -2.37. The van der Waals surface area contributed by atoms with Gasteiger partial charge in [-0.05, 0) is 56.0 Å². The molecule has 3 aliphatic heterocycles. The van der Waals surface area contributed by atoms with Gasteiger partial charge in [0.25, 0.3) is 11.8 Å². The van der Waals surface area contributed by atoms with E-state index in [2.05, 4.69) is 20.2 Å². The van der Waals surface area contributed by atoms with Crippen molar-refractivity contribution < 1.29 is 23.5 Å². The predicted molar refractivity (Wildman–Crippen MR) is 116 cm³/mol. The van der Waals surface area contributed by atoms with E-state index in [1.165, 1.54) is 11.1 Å².